The van der Waals surface area contributed by atoms with Crippen molar-refractivity contribution in [1.29, 1.82) is 0 Å². The summed E-state index contributed by atoms with van der Waals surface area (Å²) >= 11 is 0. The molecule has 1 fully saturated rings. The highest BCUT2D eigenvalue weighted by Crippen LogP contribution is 2.31. The second-order valence-electron chi connectivity index (χ2n) is 7.80. The predicted molar refractivity (Wildman–Crippen MR) is 116 cm³/mol. The maximum Gasteiger partial charge on any atom is 0.326 e. The number of carbonyl (C=O) groups is 2. The summed E-state index contributed by atoms with van der Waals surface area (Å²) in [6.07, 6.45) is 3.73. The Labute approximate surface area is 181 Å². The van der Waals surface area contributed by atoms with Gasteiger partial charge in [0.15, 0.2) is 0 Å². The summed E-state index contributed by atoms with van der Waals surface area (Å²) in [7, 11) is 3.43. The van der Waals surface area contributed by atoms with Crippen LogP contribution in [0.3, 0.4) is 0 Å². The van der Waals surface area contributed by atoms with E-state index in [1.807, 2.05) is 54.5 Å². The van der Waals surface area contributed by atoms with E-state index in [-0.39, 0.29) is 12.6 Å². The van der Waals surface area contributed by atoms with Crippen LogP contribution in [0.15, 0.2) is 67.0 Å². The number of methoxy groups -OCH3 is 1. The minimum Gasteiger partial charge on any atom is -0.497 e. The molecular weight excluding hydrogens is 394 g/mol. The second-order valence-corrected chi connectivity index (χ2v) is 7.80. The summed E-state index contributed by atoms with van der Waals surface area (Å²) in [5.74, 6) is 0.337. The molecule has 160 valence electrons. The van der Waals surface area contributed by atoms with Gasteiger partial charge in [-0.1, -0.05) is 30.3 Å². The molecule has 0 unspecified atom stereocenters. The van der Waals surface area contributed by atoms with Gasteiger partial charge in [-0.15, -0.1) is 0 Å². The average Bonchev–Trinajstić information content (AvgIpc) is 3.33. The summed E-state index contributed by atoms with van der Waals surface area (Å²) in [4.78, 5) is 28.9. The molecule has 3 amide bonds. The average molecular weight is 419 g/mol. The SMILES string of the molecule is COc1cccc([C@@]2(C)NC(=O)N(CN(C)Cc3cnn(-c4ccccc4)c3)C2=O)c1. The number of amides is 3. The summed E-state index contributed by atoms with van der Waals surface area (Å²) < 4.78 is 7.06. The van der Waals surface area contributed by atoms with Gasteiger partial charge >= 0.3 is 6.03 Å². The van der Waals surface area contributed by atoms with Crippen molar-refractivity contribution in [3.8, 4) is 11.4 Å². The summed E-state index contributed by atoms with van der Waals surface area (Å²) in [6, 6.07) is 16.6. The van der Waals surface area contributed by atoms with Crippen LogP contribution in [0.5, 0.6) is 5.75 Å². The Morgan fingerprint density at radius 3 is 2.65 bits per heavy atom. The van der Waals surface area contributed by atoms with E-state index in [2.05, 4.69) is 10.4 Å². The lowest BCUT2D eigenvalue weighted by Gasteiger charge is -2.24. The highest BCUT2D eigenvalue weighted by Gasteiger charge is 2.49. The fourth-order valence-corrected chi connectivity index (χ4v) is 3.72. The number of rotatable bonds is 7. The minimum absolute atomic E-state index is 0.167. The zero-order valence-electron chi connectivity index (χ0n) is 17.8. The van der Waals surface area contributed by atoms with E-state index in [4.69, 9.17) is 4.74 Å². The molecule has 0 spiro atoms. The summed E-state index contributed by atoms with van der Waals surface area (Å²) in [5.41, 5.74) is 1.50. The number of benzene rings is 2. The van der Waals surface area contributed by atoms with Crippen LogP contribution in [-0.2, 0) is 16.9 Å². The molecule has 0 bridgehead atoms. The number of ether oxygens (including phenoxy) is 1. The fourth-order valence-electron chi connectivity index (χ4n) is 3.72. The molecule has 2 aromatic carbocycles. The third kappa shape index (κ3) is 4.02. The molecule has 8 nitrogen and oxygen atoms in total. The quantitative estimate of drug-likeness (QED) is 0.596. The van der Waals surface area contributed by atoms with Crippen molar-refractivity contribution in [2.75, 3.05) is 20.8 Å². The van der Waals surface area contributed by atoms with E-state index >= 15 is 0 Å². The van der Waals surface area contributed by atoms with E-state index in [1.54, 1.807) is 43.1 Å². The van der Waals surface area contributed by atoms with Gasteiger partial charge in [-0.2, -0.15) is 5.10 Å². The Morgan fingerprint density at radius 1 is 1.13 bits per heavy atom. The van der Waals surface area contributed by atoms with Gasteiger partial charge in [0.1, 0.15) is 11.3 Å². The summed E-state index contributed by atoms with van der Waals surface area (Å²) in [6.45, 7) is 2.42. The lowest BCUT2D eigenvalue weighted by Crippen LogP contribution is -2.42. The number of hydrogen-bond donors (Lipinski definition) is 1. The van der Waals surface area contributed by atoms with Crippen molar-refractivity contribution < 1.29 is 14.3 Å². The van der Waals surface area contributed by atoms with Crippen LogP contribution >= 0.6 is 0 Å². The lowest BCUT2D eigenvalue weighted by molar-refractivity contribution is -0.132. The van der Waals surface area contributed by atoms with Crippen molar-refractivity contribution in [2.24, 2.45) is 0 Å². The molecule has 2 heterocycles. The Morgan fingerprint density at radius 2 is 1.90 bits per heavy atom. The largest absolute Gasteiger partial charge is 0.497 e. The lowest BCUT2D eigenvalue weighted by atomic mass is 9.92. The Kier molecular flexibility index (Phi) is 5.48. The fraction of sp³-hybridized carbons (Fsp3) is 0.261. The zero-order valence-corrected chi connectivity index (χ0v) is 17.8. The molecule has 1 atom stereocenters. The number of imide groups is 1. The Balaban J connectivity index is 1.45. The first-order valence-electron chi connectivity index (χ1n) is 9.97. The number of nitrogens with one attached hydrogen (secondary N) is 1. The number of aromatic nitrogens is 2. The van der Waals surface area contributed by atoms with E-state index in [9.17, 15) is 9.59 Å². The van der Waals surface area contributed by atoms with Crippen LogP contribution in [0, 0.1) is 0 Å². The molecule has 4 rings (SSSR count). The monoisotopic (exact) mass is 419 g/mol. The topological polar surface area (TPSA) is 79.7 Å². The molecule has 1 N–H and O–H groups in total. The molecule has 3 aromatic rings. The van der Waals surface area contributed by atoms with Crippen LogP contribution < -0.4 is 10.1 Å². The van der Waals surface area contributed by atoms with E-state index < -0.39 is 11.6 Å². The van der Waals surface area contributed by atoms with E-state index in [1.165, 1.54) is 4.90 Å². The summed E-state index contributed by atoms with van der Waals surface area (Å²) in [5, 5.41) is 7.23. The van der Waals surface area contributed by atoms with Gasteiger partial charge in [-0.05, 0) is 43.8 Å². The number of urea groups is 1. The van der Waals surface area contributed by atoms with Gasteiger partial charge in [-0.3, -0.25) is 9.69 Å². The maximum atomic E-state index is 13.2. The minimum atomic E-state index is -1.13. The highest BCUT2D eigenvalue weighted by molar-refractivity contribution is 6.07. The van der Waals surface area contributed by atoms with Gasteiger partial charge in [-0.25, -0.2) is 14.4 Å². The second kappa shape index (κ2) is 8.23. The molecule has 1 aliphatic rings. The van der Waals surface area contributed by atoms with Crippen molar-refractivity contribution in [2.45, 2.75) is 19.0 Å². The molecule has 1 saturated heterocycles. The number of carbonyl (C=O) groups excluding carboxylic acids is 2. The third-order valence-electron chi connectivity index (χ3n) is 5.41. The van der Waals surface area contributed by atoms with Gasteiger partial charge in [0, 0.05) is 18.3 Å². The third-order valence-corrected chi connectivity index (χ3v) is 5.41. The van der Waals surface area contributed by atoms with Crippen LogP contribution in [0.1, 0.15) is 18.1 Å². The molecule has 1 aliphatic heterocycles. The molecule has 0 radical (unpaired) electrons. The van der Waals surface area contributed by atoms with Crippen LogP contribution in [0.4, 0.5) is 4.79 Å². The van der Waals surface area contributed by atoms with Crippen LogP contribution in [0.25, 0.3) is 5.69 Å². The zero-order chi connectivity index (χ0) is 22.0. The molecule has 31 heavy (non-hydrogen) atoms. The van der Waals surface area contributed by atoms with Gasteiger partial charge in [0.2, 0.25) is 0 Å². The van der Waals surface area contributed by atoms with E-state index in [0.717, 1.165) is 11.3 Å². The normalized spacial score (nSPS) is 18.5. The first kappa shape index (κ1) is 20.6. The number of hydrogen-bond acceptors (Lipinski definition) is 5. The van der Waals surface area contributed by atoms with Crippen LogP contribution in [0.2, 0.25) is 0 Å². The van der Waals surface area contributed by atoms with E-state index in [0.29, 0.717) is 17.9 Å². The van der Waals surface area contributed by atoms with Gasteiger partial charge in [0.05, 0.1) is 25.7 Å². The highest BCUT2D eigenvalue weighted by atomic mass is 16.5. The number of para-hydroxylation sites is 1. The van der Waals surface area contributed by atoms with Crippen LogP contribution in [-0.4, -0.2) is 52.3 Å². The standard InChI is InChI=1S/C23H25N5O3/c1-23(18-8-7-11-20(12-18)31-3)21(29)27(22(30)25-23)16-26(2)14-17-13-24-28(15-17)19-9-5-4-6-10-19/h4-13,15H,14,16H2,1-3H3,(H,25,30)/t23-/m1/s1. The molecule has 0 aliphatic carbocycles. The molecule has 1 aromatic heterocycles. The Bertz CT molecular complexity index is 1100. The molecule has 0 saturated carbocycles. The van der Waals surface area contributed by atoms with Crippen molar-refractivity contribution in [1.82, 2.24) is 24.9 Å². The smallest absolute Gasteiger partial charge is 0.326 e. The maximum absolute atomic E-state index is 13.2. The van der Waals surface area contributed by atoms with Gasteiger partial charge < -0.3 is 10.1 Å². The first-order valence-corrected chi connectivity index (χ1v) is 9.97. The number of nitrogens with zero attached hydrogens (tertiary/aromatic N) is 4. The first-order chi connectivity index (χ1) is 14.9. The van der Waals surface area contributed by atoms with Gasteiger partial charge in [0.25, 0.3) is 5.91 Å². The predicted octanol–water partition coefficient (Wildman–Crippen LogP) is 2.74. The van der Waals surface area contributed by atoms with Crippen molar-refractivity contribution >= 4 is 11.9 Å². The molecule has 8 heteroatoms. The molecular formula is C23H25N5O3. The van der Waals surface area contributed by atoms with Crippen molar-refractivity contribution in [3.63, 3.8) is 0 Å². The Hall–Kier alpha value is -3.65. The van der Waals surface area contributed by atoms with Crippen molar-refractivity contribution in [3.05, 3.63) is 78.1 Å².